The number of rotatable bonds is 5. The maximum Gasteiger partial charge on any atom is 0.410 e. The van der Waals surface area contributed by atoms with E-state index in [1.54, 1.807) is 39.8 Å². The van der Waals surface area contributed by atoms with E-state index in [1.165, 1.54) is 27.7 Å². The Balaban J connectivity index is 1.77. The van der Waals surface area contributed by atoms with E-state index in [9.17, 15) is 19.5 Å². The van der Waals surface area contributed by atoms with Crippen molar-refractivity contribution in [3.63, 3.8) is 0 Å². The van der Waals surface area contributed by atoms with Gasteiger partial charge >= 0.3 is 17.2 Å². The molecule has 232 valence electrons. The molecule has 0 unspecified atom stereocenters. The van der Waals surface area contributed by atoms with Crippen molar-refractivity contribution in [2.45, 2.75) is 59.6 Å². The highest BCUT2D eigenvalue weighted by Gasteiger charge is 2.35. The Hall–Kier alpha value is -4.18. The molecule has 44 heavy (non-hydrogen) atoms. The van der Waals surface area contributed by atoms with Crippen LogP contribution in [0.1, 0.15) is 51.7 Å². The van der Waals surface area contributed by atoms with Gasteiger partial charge in [0.25, 0.3) is 0 Å². The van der Waals surface area contributed by atoms with Crippen molar-refractivity contribution in [3.8, 4) is 22.6 Å². The van der Waals surface area contributed by atoms with Crippen molar-refractivity contribution < 1.29 is 23.4 Å². The molecule has 11 heteroatoms. The van der Waals surface area contributed by atoms with Crippen LogP contribution in [0.25, 0.3) is 27.8 Å². The fourth-order valence-corrected chi connectivity index (χ4v) is 5.97. The number of fused-ring (bicyclic) bond motifs is 1. The molecular weight excluding hydrogens is 592 g/mol. The summed E-state index contributed by atoms with van der Waals surface area (Å²) in [4.78, 5) is 41.7. The van der Waals surface area contributed by atoms with E-state index in [0.29, 0.717) is 16.8 Å². The van der Waals surface area contributed by atoms with Crippen molar-refractivity contribution >= 4 is 28.7 Å². The number of aromatic hydroxyl groups is 1. The maximum absolute atomic E-state index is 16.9. The molecule has 8 nitrogen and oxygen atoms in total. The second kappa shape index (κ2) is 11.4. The van der Waals surface area contributed by atoms with Crippen LogP contribution in [-0.2, 0) is 11.3 Å². The Kier molecular flexibility index (Phi) is 8.09. The fourth-order valence-electron chi connectivity index (χ4n) is 5.69. The van der Waals surface area contributed by atoms with Gasteiger partial charge in [-0.3, -0.25) is 14.2 Å². The summed E-state index contributed by atoms with van der Waals surface area (Å²) >= 11 is 6.58. The number of ether oxygens (including phenoxy) is 1. The molecule has 0 aliphatic carbocycles. The van der Waals surface area contributed by atoms with Gasteiger partial charge in [0.05, 0.1) is 21.8 Å². The molecule has 1 N–H and O–H groups in total. The molecule has 1 aromatic heterocycles. The van der Waals surface area contributed by atoms with Gasteiger partial charge in [0, 0.05) is 31.1 Å². The first-order valence-electron chi connectivity index (χ1n) is 14.3. The number of aromatic nitrogens is 2. The Morgan fingerprint density at radius 3 is 2.34 bits per heavy atom. The van der Waals surface area contributed by atoms with Gasteiger partial charge in [-0.1, -0.05) is 49.7 Å². The lowest BCUT2D eigenvalue weighted by Gasteiger charge is -2.40. The van der Waals surface area contributed by atoms with Crippen LogP contribution in [0.2, 0.25) is 5.02 Å². The highest BCUT2D eigenvalue weighted by Crippen LogP contribution is 2.42. The number of hydrogen-bond donors (Lipinski definition) is 1. The van der Waals surface area contributed by atoms with Crippen LogP contribution in [0, 0.1) is 24.5 Å². The number of amides is 1. The average molecular weight is 626 g/mol. The van der Waals surface area contributed by atoms with Crippen LogP contribution in [0.4, 0.5) is 13.6 Å². The van der Waals surface area contributed by atoms with Crippen LogP contribution in [0.3, 0.4) is 0 Å². The summed E-state index contributed by atoms with van der Waals surface area (Å²) in [6.07, 6.45) is -0.495. The van der Waals surface area contributed by atoms with Crippen LogP contribution in [-0.4, -0.2) is 43.9 Å². The van der Waals surface area contributed by atoms with Gasteiger partial charge in [-0.05, 0) is 62.9 Å². The van der Waals surface area contributed by atoms with Crippen molar-refractivity contribution in [3.05, 3.63) is 91.0 Å². The number of hydrogen-bond acceptors (Lipinski definition) is 5. The third kappa shape index (κ3) is 5.47. The molecule has 1 fully saturated rings. The fraction of sp³-hybridized carbons (Fsp3) is 0.364. The lowest BCUT2D eigenvalue weighted by atomic mass is 9.97. The number of nitrogens with zero attached hydrogens (tertiary/aromatic N) is 3. The zero-order chi connectivity index (χ0) is 32.2. The number of phenolic OH excluding ortho intramolecular Hbond substituents is 1. The van der Waals surface area contributed by atoms with E-state index in [2.05, 4.69) is 0 Å². The molecule has 0 saturated carbocycles. The molecule has 1 aliphatic heterocycles. The first-order valence-corrected chi connectivity index (χ1v) is 14.7. The SMILES string of the molecule is Cc1cccc(C(C)C)c1-n1c(=O)c(=O)n(CC2CN(C(=O)OC(C)(C)C)C2)c2cc(Cl)c(-c3c(O)cccc3F)c(F)c21. The van der Waals surface area contributed by atoms with E-state index in [1.807, 2.05) is 19.9 Å². The number of likely N-dealkylation sites (tertiary alicyclic amines) is 1. The minimum absolute atomic E-state index is 0.00438. The molecule has 4 aromatic rings. The normalized spacial score (nSPS) is 13.9. The van der Waals surface area contributed by atoms with Crippen LogP contribution in [0.5, 0.6) is 5.75 Å². The van der Waals surface area contributed by atoms with Gasteiger partial charge in [-0.15, -0.1) is 0 Å². The summed E-state index contributed by atoms with van der Waals surface area (Å²) in [6.45, 7) is 11.4. The molecule has 2 heterocycles. The Morgan fingerprint density at radius 1 is 1.07 bits per heavy atom. The molecule has 1 aliphatic rings. The number of phenols is 1. The molecule has 0 spiro atoms. The predicted molar refractivity (Wildman–Crippen MR) is 166 cm³/mol. The molecule has 1 saturated heterocycles. The first kappa shape index (κ1) is 31.3. The van der Waals surface area contributed by atoms with Gasteiger partial charge in [-0.2, -0.15) is 0 Å². The summed E-state index contributed by atoms with van der Waals surface area (Å²) in [5, 5.41) is 10.3. The van der Waals surface area contributed by atoms with Crippen LogP contribution < -0.4 is 11.1 Å². The van der Waals surface area contributed by atoms with Gasteiger partial charge < -0.3 is 19.3 Å². The number of carbonyl (C=O) groups excluding carboxylic acids is 1. The summed E-state index contributed by atoms with van der Waals surface area (Å²) in [6, 6.07) is 10.2. The largest absolute Gasteiger partial charge is 0.507 e. The maximum atomic E-state index is 16.9. The Morgan fingerprint density at radius 2 is 1.73 bits per heavy atom. The minimum Gasteiger partial charge on any atom is -0.507 e. The number of aryl methyl sites for hydroxylation is 1. The van der Waals surface area contributed by atoms with E-state index in [4.69, 9.17) is 16.3 Å². The predicted octanol–water partition coefficient (Wildman–Crippen LogP) is 6.76. The molecule has 0 atom stereocenters. The number of halogens is 3. The minimum atomic E-state index is -1.07. The molecule has 0 bridgehead atoms. The van der Waals surface area contributed by atoms with E-state index >= 15 is 8.78 Å². The summed E-state index contributed by atoms with van der Waals surface area (Å²) in [7, 11) is 0. The molecular formula is C33H34ClF2N3O5. The van der Waals surface area contributed by atoms with Gasteiger partial charge in [0.1, 0.15) is 22.7 Å². The molecule has 0 radical (unpaired) electrons. The highest BCUT2D eigenvalue weighted by atomic mass is 35.5. The molecule has 3 aromatic carbocycles. The zero-order valence-corrected chi connectivity index (χ0v) is 26.1. The number of carbonyl (C=O) groups is 1. The second-order valence-electron chi connectivity index (χ2n) is 12.5. The van der Waals surface area contributed by atoms with Crippen LogP contribution in [0.15, 0.2) is 52.1 Å². The highest BCUT2D eigenvalue weighted by molar-refractivity contribution is 6.34. The van der Waals surface area contributed by atoms with Gasteiger partial charge in [-0.25, -0.2) is 13.6 Å². The summed E-state index contributed by atoms with van der Waals surface area (Å²) in [5.74, 6) is -2.86. The standard InChI is InChI=1S/C33H34ClF2N3O5/c1-17(2)20-10-7-9-18(3)28(20)39-29-23(13-21(34)25(27(29)36)26-22(35)11-8-12-24(26)40)38(30(41)31(39)42)16-19-14-37(15-19)32(43)44-33(4,5)6/h7-13,17,19,40H,14-16H2,1-6H3. The van der Waals surface area contributed by atoms with Crippen LogP contribution >= 0.6 is 11.6 Å². The molecule has 5 rings (SSSR count). The van der Waals surface area contributed by atoms with Crippen molar-refractivity contribution in [2.24, 2.45) is 5.92 Å². The van der Waals surface area contributed by atoms with Gasteiger partial charge in [0.2, 0.25) is 0 Å². The molecule has 1 amide bonds. The first-order chi connectivity index (χ1) is 20.6. The second-order valence-corrected chi connectivity index (χ2v) is 12.9. The summed E-state index contributed by atoms with van der Waals surface area (Å²) in [5.41, 5.74) is -2.08. The Bertz CT molecular complexity index is 1900. The smallest absolute Gasteiger partial charge is 0.410 e. The topological polar surface area (TPSA) is 93.8 Å². The van der Waals surface area contributed by atoms with E-state index < -0.39 is 51.3 Å². The number of benzene rings is 3. The summed E-state index contributed by atoms with van der Waals surface area (Å²) < 4.78 is 39.6. The number of para-hydroxylation sites is 1. The Labute approximate surface area is 258 Å². The quantitative estimate of drug-likeness (QED) is 0.248. The van der Waals surface area contributed by atoms with Gasteiger partial charge in [0.15, 0.2) is 5.82 Å². The third-order valence-corrected chi connectivity index (χ3v) is 8.02. The monoisotopic (exact) mass is 625 g/mol. The zero-order valence-electron chi connectivity index (χ0n) is 25.4. The average Bonchev–Trinajstić information content (AvgIpc) is 2.89. The van der Waals surface area contributed by atoms with Crippen molar-refractivity contribution in [2.75, 3.05) is 13.1 Å². The lowest BCUT2D eigenvalue weighted by molar-refractivity contribution is -0.00331. The third-order valence-electron chi connectivity index (χ3n) is 7.72. The lowest BCUT2D eigenvalue weighted by Crippen LogP contribution is -2.54. The van der Waals surface area contributed by atoms with E-state index in [0.717, 1.165) is 10.6 Å². The van der Waals surface area contributed by atoms with Crippen molar-refractivity contribution in [1.82, 2.24) is 14.0 Å². The van der Waals surface area contributed by atoms with E-state index in [-0.39, 0.29) is 47.5 Å². The van der Waals surface area contributed by atoms with Crippen molar-refractivity contribution in [1.29, 1.82) is 0 Å².